The van der Waals surface area contributed by atoms with E-state index in [1.807, 2.05) is 26.0 Å². The molecule has 0 saturated heterocycles. The first-order valence-electron chi connectivity index (χ1n) is 6.33. The predicted octanol–water partition coefficient (Wildman–Crippen LogP) is 4.65. The van der Waals surface area contributed by atoms with Crippen molar-refractivity contribution in [3.05, 3.63) is 68.7 Å². The molecule has 106 valence electrons. The van der Waals surface area contributed by atoms with Gasteiger partial charge >= 0.3 is 0 Å². The summed E-state index contributed by atoms with van der Waals surface area (Å²) in [7, 11) is 1.74. The minimum atomic E-state index is -0.438. The van der Waals surface area contributed by atoms with Crippen molar-refractivity contribution in [3.8, 4) is 0 Å². The summed E-state index contributed by atoms with van der Waals surface area (Å²) >= 11 is 3.51. The van der Waals surface area contributed by atoms with Gasteiger partial charge in [0.2, 0.25) is 0 Å². The second-order valence-electron chi connectivity index (χ2n) is 4.86. The molecule has 0 amide bonds. The molecule has 0 fully saturated rings. The van der Waals surface area contributed by atoms with Crippen molar-refractivity contribution in [2.24, 2.45) is 0 Å². The van der Waals surface area contributed by atoms with Crippen LogP contribution >= 0.6 is 15.9 Å². The monoisotopic (exact) mass is 339 g/mol. The standard InChI is InChI=1S/C16H16BrF2N/c1-9-6-11(7-10(2)15(9)17)16(20-3)13-8-12(18)4-5-14(13)19/h4-8,16,20H,1-3H3. The van der Waals surface area contributed by atoms with Gasteiger partial charge in [-0.05, 0) is 55.8 Å². The number of hydrogen-bond donors (Lipinski definition) is 1. The van der Waals surface area contributed by atoms with Gasteiger partial charge in [-0.25, -0.2) is 8.78 Å². The molecule has 1 atom stereocenters. The number of benzene rings is 2. The highest BCUT2D eigenvalue weighted by molar-refractivity contribution is 9.10. The molecular formula is C16H16BrF2N. The first-order chi connectivity index (χ1) is 9.43. The minimum Gasteiger partial charge on any atom is -0.309 e. The van der Waals surface area contributed by atoms with E-state index in [-0.39, 0.29) is 6.04 Å². The molecule has 0 aliphatic carbocycles. The van der Waals surface area contributed by atoms with Crippen molar-refractivity contribution in [1.82, 2.24) is 5.32 Å². The molecule has 0 bridgehead atoms. The summed E-state index contributed by atoms with van der Waals surface area (Å²) in [5, 5.41) is 3.05. The third kappa shape index (κ3) is 2.91. The average Bonchev–Trinajstić information content (AvgIpc) is 2.40. The Morgan fingerprint density at radius 1 is 1.05 bits per heavy atom. The van der Waals surface area contributed by atoms with E-state index >= 15 is 0 Å². The van der Waals surface area contributed by atoms with Gasteiger partial charge in [0, 0.05) is 10.0 Å². The molecule has 4 heteroatoms. The zero-order chi connectivity index (χ0) is 14.9. The van der Waals surface area contributed by atoms with Gasteiger partial charge in [-0.15, -0.1) is 0 Å². The van der Waals surface area contributed by atoms with Crippen molar-refractivity contribution < 1.29 is 8.78 Å². The van der Waals surface area contributed by atoms with Crippen LogP contribution in [0.25, 0.3) is 0 Å². The fourth-order valence-electron chi connectivity index (χ4n) is 2.38. The van der Waals surface area contributed by atoms with Gasteiger partial charge in [0.05, 0.1) is 6.04 Å². The minimum absolute atomic E-state index is 0.314. The molecular weight excluding hydrogens is 324 g/mol. The first-order valence-corrected chi connectivity index (χ1v) is 7.12. The fourth-order valence-corrected chi connectivity index (χ4v) is 2.61. The predicted molar refractivity (Wildman–Crippen MR) is 80.9 cm³/mol. The van der Waals surface area contributed by atoms with Crippen molar-refractivity contribution in [1.29, 1.82) is 0 Å². The molecule has 1 nitrogen and oxygen atoms in total. The second kappa shape index (κ2) is 6.02. The Balaban J connectivity index is 2.55. The lowest BCUT2D eigenvalue weighted by Crippen LogP contribution is -2.19. The van der Waals surface area contributed by atoms with Gasteiger partial charge in [-0.2, -0.15) is 0 Å². The molecule has 1 unspecified atom stereocenters. The van der Waals surface area contributed by atoms with Crippen molar-refractivity contribution in [2.45, 2.75) is 19.9 Å². The van der Waals surface area contributed by atoms with E-state index in [0.717, 1.165) is 33.3 Å². The van der Waals surface area contributed by atoms with E-state index in [0.29, 0.717) is 5.56 Å². The normalized spacial score (nSPS) is 12.5. The van der Waals surface area contributed by atoms with Crippen LogP contribution in [-0.2, 0) is 0 Å². The van der Waals surface area contributed by atoms with Crippen LogP contribution in [0.4, 0.5) is 8.78 Å². The van der Waals surface area contributed by atoms with Crippen LogP contribution in [-0.4, -0.2) is 7.05 Å². The van der Waals surface area contributed by atoms with Crippen LogP contribution in [0.5, 0.6) is 0 Å². The molecule has 2 aromatic carbocycles. The van der Waals surface area contributed by atoms with Crippen LogP contribution in [0.15, 0.2) is 34.8 Å². The van der Waals surface area contributed by atoms with Gasteiger partial charge in [-0.3, -0.25) is 0 Å². The summed E-state index contributed by atoms with van der Waals surface area (Å²) in [6.07, 6.45) is 0. The smallest absolute Gasteiger partial charge is 0.128 e. The maximum atomic E-state index is 14.0. The molecule has 2 rings (SSSR count). The zero-order valence-corrected chi connectivity index (χ0v) is 13.2. The Kier molecular flexibility index (Phi) is 4.55. The Morgan fingerprint density at radius 2 is 1.65 bits per heavy atom. The number of halogens is 3. The quantitative estimate of drug-likeness (QED) is 0.857. The molecule has 1 N–H and O–H groups in total. The van der Waals surface area contributed by atoms with Gasteiger partial charge in [0.15, 0.2) is 0 Å². The lowest BCUT2D eigenvalue weighted by atomic mass is 9.95. The van der Waals surface area contributed by atoms with Gasteiger partial charge < -0.3 is 5.32 Å². The summed E-state index contributed by atoms with van der Waals surface area (Å²) in [5.74, 6) is -0.851. The van der Waals surface area contributed by atoms with Crippen LogP contribution in [0.3, 0.4) is 0 Å². The Bertz CT molecular complexity index is 617. The highest BCUT2D eigenvalue weighted by Crippen LogP contribution is 2.30. The first kappa shape index (κ1) is 15.1. The summed E-state index contributed by atoms with van der Waals surface area (Å²) in [4.78, 5) is 0. The topological polar surface area (TPSA) is 12.0 Å². The molecule has 20 heavy (non-hydrogen) atoms. The van der Waals surface area contributed by atoms with E-state index in [2.05, 4.69) is 21.2 Å². The third-order valence-corrected chi connectivity index (χ3v) is 4.60. The summed E-state index contributed by atoms with van der Waals surface area (Å²) < 4.78 is 28.4. The van der Waals surface area contributed by atoms with Crippen LogP contribution in [0, 0.1) is 25.5 Å². The van der Waals surface area contributed by atoms with Gasteiger partial charge in [0.25, 0.3) is 0 Å². The van der Waals surface area contributed by atoms with Gasteiger partial charge in [0.1, 0.15) is 11.6 Å². The number of hydrogen-bond acceptors (Lipinski definition) is 1. The summed E-state index contributed by atoms with van der Waals surface area (Å²) in [6.45, 7) is 3.96. The molecule has 0 aliphatic heterocycles. The van der Waals surface area contributed by atoms with E-state index in [1.54, 1.807) is 7.05 Å². The SMILES string of the molecule is CNC(c1cc(C)c(Br)c(C)c1)c1cc(F)ccc1F. The lowest BCUT2D eigenvalue weighted by Gasteiger charge is -2.20. The van der Waals surface area contributed by atoms with E-state index in [1.165, 1.54) is 6.07 Å². The summed E-state index contributed by atoms with van der Waals surface area (Å²) in [6, 6.07) is 7.10. The second-order valence-corrected chi connectivity index (χ2v) is 5.65. The Hall–Kier alpha value is -1.26. The molecule has 2 aromatic rings. The highest BCUT2D eigenvalue weighted by atomic mass is 79.9. The molecule has 0 aliphatic rings. The highest BCUT2D eigenvalue weighted by Gasteiger charge is 2.18. The largest absolute Gasteiger partial charge is 0.309 e. The zero-order valence-electron chi connectivity index (χ0n) is 11.6. The molecule has 0 saturated carbocycles. The molecule has 0 radical (unpaired) electrons. The Morgan fingerprint density at radius 3 is 2.20 bits per heavy atom. The number of nitrogens with one attached hydrogen (secondary N) is 1. The molecule has 0 heterocycles. The maximum Gasteiger partial charge on any atom is 0.128 e. The van der Waals surface area contributed by atoms with E-state index < -0.39 is 11.6 Å². The van der Waals surface area contributed by atoms with E-state index in [4.69, 9.17) is 0 Å². The fraction of sp³-hybridized carbons (Fsp3) is 0.250. The lowest BCUT2D eigenvalue weighted by molar-refractivity contribution is 0.558. The molecule has 0 spiro atoms. The van der Waals surface area contributed by atoms with E-state index in [9.17, 15) is 8.78 Å². The Labute approximate surface area is 126 Å². The number of aryl methyl sites for hydroxylation is 2. The van der Waals surface area contributed by atoms with Crippen molar-refractivity contribution in [2.75, 3.05) is 7.05 Å². The van der Waals surface area contributed by atoms with Crippen LogP contribution < -0.4 is 5.32 Å². The van der Waals surface area contributed by atoms with Crippen molar-refractivity contribution >= 4 is 15.9 Å². The summed E-state index contributed by atoms with van der Waals surface area (Å²) in [5.41, 5.74) is 3.36. The van der Waals surface area contributed by atoms with Crippen LogP contribution in [0.1, 0.15) is 28.3 Å². The average molecular weight is 340 g/mol. The third-order valence-electron chi connectivity index (χ3n) is 3.35. The maximum absolute atomic E-state index is 14.0. The van der Waals surface area contributed by atoms with Crippen LogP contribution in [0.2, 0.25) is 0 Å². The van der Waals surface area contributed by atoms with Crippen molar-refractivity contribution in [3.63, 3.8) is 0 Å². The number of rotatable bonds is 3. The van der Waals surface area contributed by atoms with Gasteiger partial charge in [-0.1, -0.05) is 28.1 Å². The molecule has 0 aromatic heterocycles.